The number of ether oxygens (including phenoxy) is 2. The van der Waals surface area contributed by atoms with E-state index in [0.29, 0.717) is 56.3 Å². The summed E-state index contributed by atoms with van der Waals surface area (Å²) in [6.07, 6.45) is 8.74. The fourth-order valence-corrected chi connectivity index (χ4v) is 6.70. The quantitative estimate of drug-likeness (QED) is 0.112. The van der Waals surface area contributed by atoms with Gasteiger partial charge in [0.15, 0.2) is 0 Å². The lowest BCUT2D eigenvalue weighted by molar-refractivity contribution is -0.182. The molecule has 0 bridgehead atoms. The SMILES string of the molecule is CCCOc1ccccc1CON1CCC[C@H]1C(=O)Nc1ccc(/C=C/c2ccc(NC(=O)[C@@H]3CCCN3C(=O)c3ccccc3OCCC)cc2)cc1. The van der Waals surface area contributed by atoms with Crippen LogP contribution in [-0.2, 0) is 21.0 Å². The van der Waals surface area contributed by atoms with Gasteiger partial charge in [-0.3, -0.25) is 19.2 Å². The summed E-state index contributed by atoms with van der Waals surface area (Å²) in [4.78, 5) is 47.8. The van der Waals surface area contributed by atoms with Crippen molar-refractivity contribution in [2.24, 2.45) is 0 Å². The molecule has 6 rings (SSSR count). The molecule has 10 nitrogen and oxygen atoms in total. The lowest BCUT2D eigenvalue weighted by atomic mass is 10.1. The lowest BCUT2D eigenvalue weighted by Gasteiger charge is -2.25. The zero-order valence-corrected chi connectivity index (χ0v) is 31.2. The summed E-state index contributed by atoms with van der Waals surface area (Å²) in [7, 11) is 0. The predicted octanol–water partition coefficient (Wildman–Crippen LogP) is 8.21. The minimum Gasteiger partial charge on any atom is -0.493 e. The molecule has 2 heterocycles. The van der Waals surface area contributed by atoms with E-state index in [1.165, 1.54) is 0 Å². The molecule has 0 saturated carbocycles. The molecule has 0 radical (unpaired) electrons. The average Bonchev–Trinajstić information content (AvgIpc) is 3.90. The van der Waals surface area contributed by atoms with Crippen molar-refractivity contribution >= 4 is 41.2 Å². The molecule has 2 fully saturated rings. The third-order valence-corrected chi connectivity index (χ3v) is 9.55. The summed E-state index contributed by atoms with van der Waals surface area (Å²) in [5.74, 6) is 0.883. The Morgan fingerprint density at radius 2 is 1.20 bits per heavy atom. The van der Waals surface area contributed by atoms with Crippen LogP contribution >= 0.6 is 0 Å². The van der Waals surface area contributed by atoms with Crippen molar-refractivity contribution in [2.75, 3.05) is 36.9 Å². The maximum absolute atomic E-state index is 13.5. The van der Waals surface area contributed by atoms with E-state index in [1.807, 2.05) is 104 Å². The maximum Gasteiger partial charge on any atom is 0.258 e. The second-order valence-electron chi connectivity index (χ2n) is 13.6. The molecule has 54 heavy (non-hydrogen) atoms. The molecule has 0 aliphatic carbocycles. The first-order valence-electron chi connectivity index (χ1n) is 19.1. The minimum absolute atomic E-state index is 0.0897. The number of hydroxylamine groups is 2. The van der Waals surface area contributed by atoms with Gasteiger partial charge in [0.2, 0.25) is 11.8 Å². The molecule has 282 valence electrons. The van der Waals surface area contributed by atoms with Crippen molar-refractivity contribution in [3.63, 3.8) is 0 Å². The Balaban J connectivity index is 0.983. The van der Waals surface area contributed by atoms with Crippen LogP contribution in [0.2, 0.25) is 0 Å². The summed E-state index contributed by atoms with van der Waals surface area (Å²) in [5, 5.41) is 7.84. The van der Waals surface area contributed by atoms with E-state index in [4.69, 9.17) is 14.3 Å². The Morgan fingerprint density at radius 3 is 1.85 bits per heavy atom. The summed E-state index contributed by atoms with van der Waals surface area (Å²) in [6.45, 7) is 6.82. The summed E-state index contributed by atoms with van der Waals surface area (Å²) in [6, 6.07) is 29.5. The number of hydrogen-bond donors (Lipinski definition) is 2. The number of benzene rings is 4. The highest BCUT2D eigenvalue weighted by Crippen LogP contribution is 2.27. The number of carbonyl (C=O) groups excluding carboxylic acids is 3. The first kappa shape index (κ1) is 38.3. The largest absolute Gasteiger partial charge is 0.493 e. The van der Waals surface area contributed by atoms with E-state index in [2.05, 4.69) is 17.6 Å². The third-order valence-electron chi connectivity index (χ3n) is 9.55. The standard InChI is InChI=1S/C44H50N4O6/c1-3-29-52-40-15-7-5-11-34(40)31-54-48-28-10-14-39(48)43(50)46-36-25-21-33(22-26-36)18-17-32-19-23-35(24-20-32)45-42(49)38-13-9-27-47(38)44(51)37-12-6-8-16-41(37)53-30-4-2/h5-8,11-12,15-26,38-39H,3-4,9-10,13-14,27-31H2,1-2H3,(H,45,49)(H,46,50)/b18-17+/t38-,39-/m0/s1. The van der Waals surface area contributed by atoms with Crippen LogP contribution in [0.3, 0.4) is 0 Å². The lowest BCUT2D eigenvalue weighted by Crippen LogP contribution is -2.43. The Morgan fingerprint density at radius 1 is 0.667 bits per heavy atom. The van der Waals surface area contributed by atoms with Gasteiger partial charge in [-0.2, -0.15) is 5.06 Å². The highest BCUT2D eigenvalue weighted by Gasteiger charge is 2.36. The van der Waals surface area contributed by atoms with E-state index in [-0.39, 0.29) is 23.8 Å². The van der Waals surface area contributed by atoms with Gasteiger partial charge in [-0.05, 0) is 92.1 Å². The normalized spacial score (nSPS) is 17.1. The number of likely N-dealkylation sites (tertiary alicyclic amines) is 1. The topological polar surface area (TPSA) is 109 Å². The molecule has 2 aliphatic heterocycles. The van der Waals surface area contributed by atoms with Crippen molar-refractivity contribution in [2.45, 2.75) is 71.1 Å². The first-order valence-corrected chi connectivity index (χ1v) is 19.1. The van der Waals surface area contributed by atoms with E-state index in [0.717, 1.165) is 60.2 Å². The van der Waals surface area contributed by atoms with Gasteiger partial charge in [-0.1, -0.05) is 80.6 Å². The number of anilines is 2. The number of amides is 3. The van der Waals surface area contributed by atoms with Gasteiger partial charge in [-0.15, -0.1) is 0 Å². The Bertz CT molecular complexity index is 1890. The minimum atomic E-state index is -0.548. The smallest absolute Gasteiger partial charge is 0.258 e. The zero-order chi connectivity index (χ0) is 37.7. The average molecular weight is 731 g/mol. The van der Waals surface area contributed by atoms with Crippen LogP contribution in [0, 0.1) is 0 Å². The summed E-state index contributed by atoms with van der Waals surface area (Å²) in [5.41, 5.74) is 4.77. The highest BCUT2D eigenvalue weighted by molar-refractivity contribution is 6.03. The first-order chi connectivity index (χ1) is 26.4. The van der Waals surface area contributed by atoms with Gasteiger partial charge < -0.3 is 25.0 Å². The molecule has 4 aromatic carbocycles. The van der Waals surface area contributed by atoms with Gasteiger partial charge in [0.25, 0.3) is 5.91 Å². The molecule has 0 unspecified atom stereocenters. The van der Waals surface area contributed by atoms with Crippen molar-refractivity contribution in [1.29, 1.82) is 0 Å². The Kier molecular flexibility index (Phi) is 13.5. The maximum atomic E-state index is 13.5. The Hall–Kier alpha value is -5.45. The molecule has 2 saturated heterocycles. The molecule has 2 aliphatic rings. The number of nitrogens with one attached hydrogen (secondary N) is 2. The van der Waals surface area contributed by atoms with E-state index in [1.54, 1.807) is 22.1 Å². The van der Waals surface area contributed by atoms with Gasteiger partial charge >= 0.3 is 0 Å². The second-order valence-corrected chi connectivity index (χ2v) is 13.6. The van der Waals surface area contributed by atoms with Gasteiger partial charge in [0.05, 0.1) is 25.4 Å². The number of rotatable bonds is 16. The van der Waals surface area contributed by atoms with Crippen LogP contribution in [-0.4, -0.2) is 66.1 Å². The summed E-state index contributed by atoms with van der Waals surface area (Å²) >= 11 is 0. The molecule has 2 atom stereocenters. The van der Waals surface area contributed by atoms with Crippen LogP contribution in [0.5, 0.6) is 11.5 Å². The molecule has 0 spiro atoms. The molecule has 0 aromatic heterocycles. The van der Waals surface area contributed by atoms with Crippen molar-refractivity contribution in [3.05, 3.63) is 119 Å². The molecule has 4 aromatic rings. The van der Waals surface area contributed by atoms with Crippen LogP contribution in [0.15, 0.2) is 97.1 Å². The zero-order valence-electron chi connectivity index (χ0n) is 31.2. The van der Waals surface area contributed by atoms with Crippen LogP contribution < -0.4 is 20.1 Å². The molecular formula is C44H50N4O6. The van der Waals surface area contributed by atoms with Crippen LogP contribution in [0.25, 0.3) is 12.2 Å². The Labute approximate surface area is 318 Å². The van der Waals surface area contributed by atoms with Crippen molar-refractivity contribution in [3.8, 4) is 11.5 Å². The highest BCUT2D eigenvalue weighted by atomic mass is 16.7. The number of nitrogens with zero attached hydrogens (tertiary/aromatic N) is 2. The summed E-state index contributed by atoms with van der Waals surface area (Å²) < 4.78 is 11.7. The fraction of sp³-hybridized carbons (Fsp3) is 0.341. The van der Waals surface area contributed by atoms with Crippen molar-refractivity contribution < 1.29 is 28.7 Å². The molecule has 3 amide bonds. The van der Waals surface area contributed by atoms with Crippen LogP contribution in [0.1, 0.15) is 79.4 Å². The van der Waals surface area contributed by atoms with E-state index in [9.17, 15) is 14.4 Å². The third kappa shape index (κ3) is 9.94. The van der Waals surface area contributed by atoms with Gasteiger partial charge in [0.1, 0.15) is 23.6 Å². The predicted molar refractivity (Wildman–Crippen MR) is 212 cm³/mol. The number of carbonyl (C=O) groups is 3. The molecule has 2 N–H and O–H groups in total. The van der Waals surface area contributed by atoms with E-state index >= 15 is 0 Å². The van der Waals surface area contributed by atoms with Gasteiger partial charge in [-0.25, -0.2) is 0 Å². The number of para-hydroxylation sites is 2. The van der Waals surface area contributed by atoms with E-state index < -0.39 is 6.04 Å². The second kappa shape index (κ2) is 19.0. The fourth-order valence-electron chi connectivity index (χ4n) is 6.70. The van der Waals surface area contributed by atoms with Gasteiger partial charge in [0, 0.05) is 30.0 Å². The monoisotopic (exact) mass is 730 g/mol. The van der Waals surface area contributed by atoms with Crippen molar-refractivity contribution in [1.82, 2.24) is 9.96 Å². The number of hydrogen-bond acceptors (Lipinski definition) is 7. The molecule has 10 heteroatoms. The molecular weight excluding hydrogens is 681 g/mol. The van der Waals surface area contributed by atoms with Crippen LogP contribution in [0.4, 0.5) is 11.4 Å².